The van der Waals surface area contributed by atoms with Crippen LogP contribution in [-0.4, -0.2) is 4.57 Å². The van der Waals surface area contributed by atoms with E-state index in [1.54, 1.807) is 0 Å². The zero-order valence-electron chi connectivity index (χ0n) is 21.8. The number of hydrogen-bond donors (Lipinski definition) is 0. The summed E-state index contributed by atoms with van der Waals surface area (Å²) in [6.45, 7) is 5.81. The van der Waals surface area contributed by atoms with Gasteiger partial charge in [0.2, 0.25) is 0 Å². The Bertz CT molecular complexity index is 491. The number of aromatic nitrogens is 2. The fraction of sp³-hybridized carbons (Fsp3) is 0.897. The largest absolute Gasteiger partial charge is 0.256 e. The summed E-state index contributed by atoms with van der Waals surface area (Å²) >= 11 is 0. The van der Waals surface area contributed by atoms with Gasteiger partial charge >= 0.3 is 0 Å². The summed E-state index contributed by atoms with van der Waals surface area (Å²) in [4.78, 5) is 0. The van der Waals surface area contributed by atoms with E-state index in [1.807, 2.05) is 0 Å². The van der Waals surface area contributed by atoms with Crippen molar-refractivity contribution in [1.29, 1.82) is 0 Å². The predicted octanol–water partition coefficient (Wildman–Crippen LogP) is 9.09. The van der Waals surface area contributed by atoms with Crippen molar-refractivity contribution in [2.75, 3.05) is 0 Å². The summed E-state index contributed by atoms with van der Waals surface area (Å²) < 4.78 is 4.88. The first kappa shape index (κ1) is 28.2. The van der Waals surface area contributed by atoms with Crippen LogP contribution in [0.1, 0.15) is 155 Å². The summed E-state index contributed by atoms with van der Waals surface area (Å²) in [5, 5.41) is 0. The van der Waals surface area contributed by atoms with E-state index in [1.165, 1.54) is 154 Å². The molecule has 0 fully saturated rings. The lowest BCUT2D eigenvalue weighted by molar-refractivity contribution is -0.678. The van der Waals surface area contributed by atoms with Gasteiger partial charge in [0, 0.05) is 6.42 Å². The third-order valence-corrected chi connectivity index (χ3v) is 6.97. The van der Waals surface area contributed by atoms with Gasteiger partial charge in [-0.2, -0.15) is 0 Å². The van der Waals surface area contributed by atoms with E-state index >= 15 is 0 Å². The molecule has 0 radical (unpaired) electrons. The Morgan fingerprint density at radius 1 is 0.548 bits per heavy atom. The molecule has 182 valence electrons. The number of unbranched alkanes of at least 4 members (excludes halogenated alkanes) is 19. The van der Waals surface area contributed by atoms with E-state index in [9.17, 15) is 0 Å². The van der Waals surface area contributed by atoms with Gasteiger partial charge in [-0.15, -0.1) is 0 Å². The maximum atomic E-state index is 2.53. The third kappa shape index (κ3) is 15.6. The molecule has 0 aliphatic rings. The molecule has 0 aromatic carbocycles. The van der Waals surface area contributed by atoms with Crippen LogP contribution < -0.4 is 4.57 Å². The van der Waals surface area contributed by atoms with Crippen molar-refractivity contribution in [2.24, 2.45) is 7.05 Å². The molecule has 0 atom stereocenters. The van der Waals surface area contributed by atoms with Crippen LogP contribution >= 0.6 is 0 Å². The number of hydrogen-bond acceptors (Lipinski definition) is 0. The second-order valence-electron chi connectivity index (χ2n) is 9.99. The molecule has 0 N–H and O–H groups in total. The van der Waals surface area contributed by atoms with Crippen LogP contribution in [-0.2, 0) is 20.0 Å². The van der Waals surface area contributed by atoms with Gasteiger partial charge in [-0.3, -0.25) is 0 Å². The van der Waals surface area contributed by atoms with Gasteiger partial charge in [0.05, 0.1) is 13.6 Å². The first-order chi connectivity index (χ1) is 15.3. The molecule has 0 bridgehead atoms. The van der Waals surface area contributed by atoms with Gasteiger partial charge in [-0.25, -0.2) is 9.13 Å². The first-order valence-electron chi connectivity index (χ1n) is 14.3. The van der Waals surface area contributed by atoms with Gasteiger partial charge < -0.3 is 0 Å². The lowest BCUT2D eigenvalue weighted by atomic mass is 10.1. The van der Waals surface area contributed by atoms with Crippen LogP contribution in [0.2, 0.25) is 0 Å². The van der Waals surface area contributed by atoms with E-state index in [2.05, 4.69) is 42.4 Å². The standard InChI is InChI=1S/C29H57N2/c1-4-6-8-10-12-14-15-16-18-20-22-24-26-31-28-27-30(3)29(31)25-23-21-19-17-13-11-9-7-5-2/h27-28H,4-26H2,1-3H3/q+1. The molecule has 1 heterocycles. The molecule has 0 unspecified atom stereocenters. The van der Waals surface area contributed by atoms with E-state index in [0.717, 1.165) is 0 Å². The van der Waals surface area contributed by atoms with Crippen molar-refractivity contribution >= 4 is 0 Å². The van der Waals surface area contributed by atoms with Crippen molar-refractivity contribution in [3.8, 4) is 0 Å². The molecule has 0 saturated carbocycles. The molecule has 1 aromatic heterocycles. The van der Waals surface area contributed by atoms with E-state index in [4.69, 9.17) is 0 Å². The average Bonchev–Trinajstić information content (AvgIpc) is 3.12. The van der Waals surface area contributed by atoms with Crippen molar-refractivity contribution in [2.45, 2.75) is 162 Å². The zero-order chi connectivity index (χ0) is 22.4. The van der Waals surface area contributed by atoms with Crippen LogP contribution in [0.25, 0.3) is 0 Å². The molecule has 0 saturated heterocycles. The molecule has 0 aliphatic heterocycles. The lowest BCUT2D eigenvalue weighted by Gasteiger charge is -2.05. The van der Waals surface area contributed by atoms with Crippen molar-refractivity contribution in [1.82, 2.24) is 4.57 Å². The van der Waals surface area contributed by atoms with E-state index in [-0.39, 0.29) is 0 Å². The Kier molecular flexibility index (Phi) is 19.2. The molecule has 2 heteroatoms. The van der Waals surface area contributed by atoms with E-state index < -0.39 is 0 Å². The number of imidazole rings is 1. The monoisotopic (exact) mass is 433 g/mol. The topological polar surface area (TPSA) is 8.81 Å². The Morgan fingerprint density at radius 3 is 1.39 bits per heavy atom. The number of rotatable bonds is 23. The Labute approximate surface area is 196 Å². The van der Waals surface area contributed by atoms with E-state index in [0.29, 0.717) is 0 Å². The van der Waals surface area contributed by atoms with Gasteiger partial charge in [-0.05, 0) is 19.3 Å². The molecular weight excluding hydrogens is 376 g/mol. The minimum absolute atomic E-state index is 1.21. The minimum Gasteiger partial charge on any atom is -0.237 e. The highest BCUT2D eigenvalue weighted by molar-refractivity contribution is 4.84. The summed E-state index contributed by atoms with van der Waals surface area (Å²) in [7, 11) is 2.22. The van der Waals surface area contributed by atoms with Crippen molar-refractivity contribution in [3.63, 3.8) is 0 Å². The van der Waals surface area contributed by atoms with Crippen LogP contribution in [0.5, 0.6) is 0 Å². The molecule has 0 aliphatic carbocycles. The Balaban J connectivity index is 2.00. The Morgan fingerprint density at radius 2 is 0.935 bits per heavy atom. The van der Waals surface area contributed by atoms with Gasteiger partial charge in [0.15, 0.2) is 0 Å². The molecule has 1 rings (SSSR count). The second kappa shape index (κ2) is 21.1. The Hall–Kier alpha value is -0.790. The van der Waals surface area contributed by atoms with Crippen LogP contribution in [0.4, 0.5) is 0 Å². The zero-order valence-corrected chi connectivity index (χ0v) is 21.8. The van der Waals surface area contributed by atoms with Crippen molar-refractivity contribution < 1.29 is 4.57 Å². The summed E-state index contributed by atoms with van der Waals surface area (Å²) in [5.74, 6) is 1.53. The predicted molar refractivity (Wildman–Crippen MR) is 138 cm³/mol. The maximum absolute atomic E-state index is 2.53. The molecule has 0 amide bonds. The smallest absolute Gasteiger partial charge is 0.237 e. The number of aryl methyl sites for hydroxylation is 2. The quantitative estimate of drug-likeness (QED) is 0.120. The first-order valence-corrected chi connectivity index (χ1v) is 14.3. The molecular formula is C29H57N2+. The molecule has 0 spiro atoms. The second-order valence-corrected chi connectivity index (χ2v) is 9.99. The third-order valence-electron chi connectivity index (χ3n) is 6.97. The SMILES string of the molecule is CCCCCCCCCCCCCCn1cc[n+](C)c1CCCCCCCCCCC. The highest BCUT2D eigenvalue weighted by Gasteiger charge is 2.13. The van der Waals surface area contributed by atoms with Gasteiger partial charge in [0.1, 0.15) is 12.4 Å². The summed E-state index contributed by atoms with van der Waals surface area (Å²) in [5.41, 5.74) is 0. The fourth-order valence-electron chi connectivity index (χ4n) is 4.80. The van der Waals surface area contributed by atoms with Gasteiger partial charge in [0.25, 0.3) is 5.82 Å². The van der Waals surface area contributed by atoms with Crippen molar-refractivity contribution in [3.05, 3.63) is 18.2 Å². The maximum Gasteiger partial charge on any atom is 0.256 e. The van der Waals surface area contributed by atoms with Gasteiger partial charge in [-0.1, -0.05) is 129 Å². The summed E-state index contributed by atoms with van der Waals surface area (Å²) in [6, 6.07) is 0. The lowest BCUT2D eigenvalue weighted by Crippen LogP contribution is -2.32. The highest BCUT2D eigenvalue weighted by Crippen LogP contribution is 2.14. The minimum atomic E-state index is 1.21. The summed E-state index contributed by atoms with van der Waals surface area (Å²) in [6.07, 6.45) is 35.7. The molecule has 31 heavy (non-hydrogen) atoms. The highest BCUT2D eigenvalue weighted by atomic mass is 15.1. The average molecular weight is 434 g/mol. The molecule has 2 nitrogen and oxygen atoms in total. The van der Waals surface area contributed by atoms with Crippen LogP contribution in [0.3, 0.4) is 0 Å². The fourth-order valence-corrected chi connectivity index (χ4v) is 4.80. The van der Waals surface area contributed by atoms with Crippen LogP contribution in [0, 0.1) is 0 Å². The normalized spacial score (nSPS) is 11.5. The van der Waals surface area contributed by atoms with Crippen LogP contribution in [0.15, 0.2) is 12.4 Å². The molecule has 1 aromatic rings. The number of nitrogens with zero attached hydrogens (tertiary/aromatic N) is 2.